The van der Waals surface area contributed by atoms with Crippen LogP contribution in [-0.4, -0.2) is 13.1 Å². The Bertz CT molecular complexity index is 216. The van der Waals surface area contributed by atoms with Crippen molar-refractivity contribution >= 4 is 24.8 Å². The highest BCUT2D eigenvalue weighted by atomic mass is 35.5. The molecule has 200 valence electrons. The zero-order chi connectivity index (χ0) is 22.4. The molecule has 0 heterocycles. The average Bonchev–Trinajstić information content (AvgIpc) is 2.76. The van der Waals surface area contributed by atoms with Gasteiger partial charge < -0.3 is 11.5 Å². The molecule has 0 saturated carbocycles. The molecule has 0 aromatic rings. The number of unbranched alkanes of at least 4 members (excludes halogenated alkanes) is 22. The third kappa shape index (κ3) is 44.2. The van der Waals surface area contributed by atoms with Crippen LogP contribution in [0.5, 0.6) is 0 Å². The largest absolute Gasteiger partial charge is 0.330 e. The summed E-state index contributed by atoms with van der Waals surface area (Å²) in [6, 6.07) is 0. The van der Waals surface area contributed by atoms with Gasteiger partial charge in [0.2, 0.25) is 0 Å². The Morgan fingerprint density at radius 2 is 0.438 bits per heavy atom. The van der Waals surface area contributed by atoms with E-state index in [9.17, 15) is 0 Å². The van der Waals surface area contributed by atoms with Crippen LogP contribution >= 0.6 is 24.8 Å². The van der Waals surface area contributed by atoms with Gasteiger partial charge in [-0.3, -0.25) is 0 Å². The molecule has 0 saturated heterocycles. The third-order valence-electron chi connectivity index (χ3n) is 6.12. The molecule has 4 heteroatoms. The van der Waals surface area contributed by atoms with Crippen LogP contribution in [0.4, 0.5) is 0 Å². The molecule has 0 fully saturated rings. The monoisotopic (exact) mass is 498 g/mol. The topological polar surface area (TPSA) is 52.0 Å². The van der Waals surface area contributed by atoms with Crippen molar-refractivity contribution in [3.8, 4) is 0 Å². The second-order valence-electron chi connectivity index (χ2n) is 9.36. The molecule has 4 N–H and O–H groups in total. The van der Waals surface area contributed by atoms with E-state index in [1.54, 1.807) is 0 Å². The fourth-order valence-electron chi connectivity index (χ4n) is 3.97. The molecule has 0 aliphatic carbocycles. The second kappa shape index (κ2) is 41.7. The van der Waals surface area contributed by atoms with E-state index in [4.69, 9.17) is 11.5 Å². The van der Waals surface area contributed by atoms with Crippen LogP contribution in [0.1, 0.15) is 168 Å². The molecule has 0 spiro atoms. The van der Waals surface area contributed by atoms with Crippen LogP contribution in [0.15, 0.2) is 0 Å². The van der Waals surface area contributed by atoms with E-state index >= 15 is 0 Å². The molecule has 0 aliphatic heterocycles. The molecule has 0 aliphatic rings. The quantitative estimate of drug-likeness (QED) is 0.130. The van der Waals surface area contributed by atoms with Crippen LogP contribution in [0, 0.1) is 0 Å². The summed E-state index contributed by atoms with van der Waals surface area (Å²) in [5.41, 5.74) is 10.9. The van der Waals surface area contributed by atoms with Crippen molar-refractivity contribution in [1.82, 2.24) is 0 Å². The highest BCUT2D eigenvalue weighted by molar-refractivity contribution is 5.85. The molecule has 0 rings (SSSR count). The van der Waals surface area contributed by atoms with Crippen LogP contribution in [0.25, 0.3) is 0 Å². The van der Waals surface area contributed by atoms with Gasteiger partial charge in [0.1, 0.15) is 0 Å². The number of halogens is 2. The van der Waals surface area contributed by atoms with Gasteiger partial charge in [0.15, 0.2) is 0 Å². The van der Waals surface area contributed by atoms with Crippen molar-refractivity contribution in [2.45, 2.75) is 168 Å². The van der Waals surface area contributed by atoms with Crippen molar-refractivity contribution in [2.24, 2.45) is 11.5 Å². The highest BCUT2D eigenvalue weighted by Crippen LogP contribution is 2.12. The molecule has 2 nitrogen and oxygen atoms in total. The Hall–Kier alpha value is 0.500. The fraction of sp³-hybridized carbons (Fsp3) is 1.00. The number of nitrogens with two attached hydrogens (primary N) is 2. The number of hydrogen-bond donors (Lipinski definition) is 2. The molecule has 0 unspecified atom stereocenters. The first-order valence-electron chi connectivity index (χ1n) is 14.2. The first kappa shape index (κ1) is 39.7. The predicted molar refractivity (Wildman–Crippen MR) is 155 cm³/mol. The Morgan fingerprint density at radius 3 is 0.594 bits per heavy atom. The minimum Gasteiger partial charge on any atom is -0.330 e. The van der Waals surface area contributed by atoms with E-state index in [-0.39, 0.29) is 24.8 Å². The lowest BCUT2D eigenvalue weighted by Crippen LogP contribution is -1.97. The third-order valence-corrected chi connectivity index (χ3v) is 6.12. The first-order chi connectivity index (χ1) is 14.8. The van der Waals surface area contributed by atoms with E-state index in [0.29, 0.717) is 0 Å². The summed E-state index contributed by atoms with van der Waals surface area (Å²) in [5.74, 6) is 0. The van der Waals surface area contributed by atoms with E-state index in [1.165, 1.54) is 154 Å². The van der Waals surface area contributed by atoms with Crippen LogP contribution in [0.3, 0.4) is 0 Å². The number of hydrogen-bond acceptors (Lipinski definition) is 2. The van der Waals surface area contributed by atoms with Crippen molar-refractivity contribution in [3.63, 3.8) is 0 Å². The van der Waals surface area contributed by atoms with Gasteiger partial charge in [-0.2, -0.15) is 0 Å². The maximum Gasteiger partial charge on any atom is -0.00773 e. The Balaban J connectivity index is -0.000000231. The summed E-state index contributed by atoms with van der Waals surface area (Å²) in [4.78, 5) is 0. The highest BCUT2D eigenvalue weighted by Gasteiger charge is 1.93. The van der Waals surface area contributed by atoms with Crippen LogP contribution < -0.4 is 11.5 Å². The Kier molecular flexibility index (Phi) is 51.8. The van der Waals surface area contributed by atoms with Crippen molar-refractivity contribution in [2.75, 3.05) is 13.1 Å². The lowest BCUT2D eigenvalue weighted by atomic mass is 10.1. The Labute approximate surface area is 217 Å². The van der Waals surface area contributed by atoms with Crippen LogP contribution in [0.2, 0.25) is 0 Å². The molecule has 0 aromatic heterocycles. The first-order valence-corrected chi connectivity index (χ1v) is 14.2. The SMILES string of the molecule is CCCCCCCCCCCCCCN.CCCCCCCCCCCCCCN.Cl.Cl. The van der Waals surface area contributed by atoms with E-state index in [2.05, 4.69) is 13.8 Å². The van der Waals surface area contributed by atoms with Gasteiger partial charge >= 0.3 is 0 Å². The lowest BCUT2D eigenvalue weighted by Gasteiger charge is -2.01. The summed E-state index contributed by atoms with van der Waals surface area (Å²) >= 11 is 0. The summed E-state index contributed by atoms with van der Waals surface area (Å²) < 4.78 is 0. The van der Waals surface area contributed by atoms with Gasteiger partial charge in [0, 0.05) is 0 Å². The second-order valence-corrected chi connectivity index (χ2v) is 9.36. The maximum atomic E-state index is 5.45. The van der Waals surface area contributed by atoms with Crippen molar-refractivity contribution < 1.29 is 0 Å². The molecule has 0 radical (unpaired) electrons. The summed E-state index contributed by atoms with van der Waals surface area (Å²) in [7, 11) is 0. The summed E-state index contributed by atoms with van der Waals surface area (Å²) in [5, 5.41) is 0. The van der Waals surface area contributed by atoms with Gasteiger partial charge in [-0.25, -0.2) is 0 Å². The predicted octanol–water partition coefficient (Wildman–Crippen LogP) is 10.1. The summed E-state index contributed by atoms with van der Waals surface area (Å²) in [6.07, 6.45) is 33.8. The molecular formula is C28H64Cl2N2. The molecular weight excluding hydrogens is 435 g/mol. The van der Waals surface area contributed by atoms with Crippen molar-refractivity contribution in [1.29, 1.82) is 0 Å². The molecule has 0 bridgehead atoms. The van der Waals surface area contributed by atoms with Gasteiger partial charge in [0.05, 0.1) is 0 Å². The van der Waals surface area contributed by atoms with Gasteiger partial charge in [-0.1, -0.05) is 155 Å². The Morgan fingerprint density at radius 1 is 0.281 bits per heavy atom. The molecule has 0 aromatic carbocycles. The lowest BCUT2D eigenvalue weighted by molar-refractivity contribution is 0.545. The normalized spacial score (nSPS) is 10.1. The van der Waals surface area contributed by atoms with E-state index in [1.807, 2.05) is 0 Å². The van der Waals surface area contributed by atoms with Gasteiger partial charge in [-0.05, 0) is 25.9 Å². The molecule has 32 heavy (non-hydrogen) atoms. The zero-order valence-electron chi connectivity index (χ0n) is 22.4. The van der Waals surface area contributed by atoms with Gasteiger partial charge in [-0.15, -0.1) is 24.8 Å². The maximum absolute atomic E-state index is 5.45. The van der Waals surface area contributed by atoms with Crippen molar-refractivity contribution in [3.05, 3.63) is 0 Å². The van der Waals surface area contributed by atoms with E-state index in [0.717, 1.165) is 13.1 Å². The smallest absolute Gasteiger partial charge is 0.00773 e. The standard InChI is InChI=1S/2C14H31N.2ClH/c2*1-2-3-4-5-6-7-8-9-10-11-12-13-14-15;;/h2*2-15H2,1H3;2*1H. The number of rotatable bonds is 24. The van der Waals surface area contributed by atoms with Gasteiger partial charge in [0.25, 0.3) is 0 Å². The minimum atomic E-state index is 0. The fourth-order valence-corrected chi connectivity index (χ4v) is 3.97. The van der Waals surface area contributed by atoms with E-state index < -0.39 is 0 Å². The molecule has 0 amide bonds. The minimum absolute atomic E-state index is 0. The zero-order valence-corrected chi connectivity index (χ0v) is 24.0. The summed E-state index contributed by atoms with van der Waals surface area (Å²) in [6.45, 7) is 6.30. The van der Waals surface area contributed by atoms with Crippen LogP contribution in [-0.2, 0) is 0 Å². The average molecular weight is 500 g/mol. The molecule has 0 atom stereocenters.